The van der Waals surface area contributed by atoms with Gasteiger partial charge in [-0.1, -0.05) is 73.1 Å². The van der Waals surface area contributed by atoms with E-state index in [-0.39, 0.29) is 17.8 Å². The lowest BCUT2D eigenvalue weighted by molar-refractivity contribution is -0.0731. The van der Waals surface area contributed by atoms with Crippen molar-refractivity contribution < 1.29 is 13.9 Å². The summed E-state index contributed by atoms with van der Waals surface area (Å²) in [5, 5.41) is 11.5. The van der Waals surface area contributed by atoms with Crippen molar-refractivity contribution in [3.05, 3.63) is 35.4 Å². The first-order valence-electron chi connectivity index (χ1n) is 9.91. The first-order valence-corrected chi connectivity index (χ1v) is 9.91. The molecule has 1 aromatic rings. The zero-order valence-corrected chi connectivity index (χ0v) is 16.6. The summed E-state index contributed by atoms with van der Waals surface area (Å²) < 4.78 is 27.6. The molecule has 0 amide bonds. The van der Waals surface area contributed by atoms with E-state index in [1.54, 1.807) is 0 Å². The van der Waals surface area contributed by atoms with Crippen molar-refractivity contribution in [1.29, 1.82) is 0 Å². The van der Waals surface area contributed by atoms with E-state index >= 15 is 0 Å². The van der Waals surface area contributed by atoms with Crippen LogP contribution in [-0.2, 0) is 0 Å². The van der Waals surface area contributed by atoms with E-state index in [9.17, 15) is 13.9 Å². The van der Waals surface area contributed by atoms with Gasteiger partial charge < -0.3 is 5.11 Å². The number of benzene rings is 1. The maximum absolute atomic E-state index is 13.8. The Morgan fingerprint density at radius 1 is 0.840 bits per heavy atom. The van der Waals surface area contributed by atoms with Crippen LogP contribution in [0.25, 0.3) is 0 Å². The Morgan fingerprint density at radius 2 is 1.32 bits per heavy atom. The van der Waals surface area contributed by atoms with Crippen LogP contribution in [-0.4, -0.2) is 10.7 Å². The van der Waals surface area contributed by atoms with E-state index in [0.29, 0.717) is 5.56 Å². The molecular formula is C22H36F2O. The number of hydrogen-bond acceptors (Lipinski definition) is 1. The summed E-state index contributed by atoms with van der Waals surface area (Å²) >= 11 is 0. The van der Waals surface area contributed by atoms with Gasteiger partial charge in [0.05, 0.1) is 5.60 Å². The van der Waals surface area contributed by atoms with Crippen LogP contribution < -0.4 is 0 Å². The minimum Gasteiger partial charge on any atom is -0.389 e. The summed E-state index contributed by atoms with van der Waals surface area (Å²) in [5.74, 6) is -1.40. The predicted octanol–water partition coefficient (Wildman–Crippen LogP) is 6.84. The average Bonchev–Trinajstić information content (AvgIpc) is 2.52. The zero-order chi connectivity index (χ0) is 19.0. The fraction of sp³-hybridized carbons (Fsp3) is 0.727. The number of aliphatic hydroxyl groups is 1. The van der Waals surface area contributed by atoms with Gasteiger partial charge in [-0.2, -0.15) is 0 Å². The zero-order valence-electron chi connectivity index (χ0n) is 16.6. The molecule has 0 aliphatic rings. The van der Waals surface area contributed by atoms with Gasteiger partial charge in [0.25, 0.3) is 0 Å². The second-order valence-electron chi connectivity index (χ2n) is 8.01. The van der Waals surface area contributed by atoms with Gasteiger partial charge in [0.15, 0.2) is 0 Å². The van der Waals surface area contributed by atoms with Crippen molar-refractivity contribution in [2.24, 2.45) is 11.8 Å². The minimum absolute atomic E-state index is 0.00363. The normalized spacial score (nSPS) is 13.7. The first-order chi connectivity index (χ1) is 11.7. The summed E-state index contributed by atoms with van der Waals surface area (Å²) in [6.07, 6.45) is 7.69. The molecule has 0 heterocycles. The quantitative estimate of drug-likeness (QED) is 0.431. The van der Waals surface area contributed by atoms with Crippen LogP contribution in [0.3, 0.4) is 0 Å². The second kappa shape index (κ2) is 10.3. The molecule has 1 nitrogen and oxygen atoms in total. The van der Waals surface area contributed by atoms with Crippen LogP contribution in [0.5, 0.6) is 0 Å². The summed E-state index contributed by atoms with van der Waals surface area (Å²) in [6, 6.07) is 3.68. The lowest BCUT2D eigenvalue weighted by Crippen LogP contribution is -2.46. The largest absolute Gasteiger partial charge is 0.389 e. The number of halogens is 2. The standard InChI is InChI=1S/C22H36F2O/c1-6-7-8-9-10-11-12-21(22(25,16(2)3)17(4)5)18-13-19(23)15-20(24)14-18/h13-17,21,25H,6-12H2,1-5H3. The summed E-state index contributed by atoms with van der Waals surface area (Å²) in [6.45, 7) is 10.2. The maximum Gasteiger partial charge on any atom is 0.126 e. The molecule has 0 saturated heterocycles. The molecule has 0 aliphatic heterocycles. The van der Waals surface area contributed by atoms with Crippen LogP contribution in [0, 0.1) is 23.5 Å². The minimum atomic E-state index is -0.982. The lowest BCUT2D eigenvalue weighted by Gasteiger charge is -2.43. The molecule has 1 atom stereocenters. The van der Waals surface area contributed by atoms with Crippen LogP contribution in [0.4, 0.5) is 8.78 Å². The summed E-state index contributed by atoms with van der Waals surface area (Å²) in [4.78, 5) is 0. The van der Waals surface area contributed by atoms with Gasteiger partial charge in [-0.3, -0.25) is 0 Å². The van der Waals surface area contributed by atoms with Crippen LogP contribution >= 0.6 is 0 Å². The fourth-order valence-corrected chi connectivity index (χ4v) is 4.04. The molecule has 144 valence electrons. The number of unbranched alkanes of at least 4 members (excludes halogenated alkanes) is 5. The van der Waals surface area contributed by atoms with Crippen molar-refractivity contribution in [3.8, 4) is 0 Å². The van der Waals surface area contributed by atoms with Crippen LogP contribution in [0.2, 0.25) is 0 Å². The molecule has 1 aromatic carbocycles. The highest BCUT2D eigenvalue weighted by molar-refractivity contribution is 5.26. The van der Waals surface area contributed by atoms with E-state index in [1.807, 2.05) is 27.7 Å². The molecule has 0 bridgehead atoms. The number of rotatable bonds is 11. The van der Waals surface area contributed by atoms with Crippen LogP contribution in [0.15, 0.2) is 18.2 Å². The Morgan fingerprint density at radius 3 is 1.80 bits per heavy atom. The molecule has 0 fully saturated rings. The molecule has 0 aliphatic carbocycles. The molecule has 0 spiro atoms. The second-order valence-corrected chi connectivity index (χ2v) is 8.01. The third-order valence-electron chi connectivity index (χ3n) is 5.54. The van der Waals surface area contributed by atoms with Crippen molar-refractivity contribution >= 4 is 0 Å². The molecular weight excluding hydrogens is 318 g/mol. The molecule has 0 aromatic heterocycles. The molecule has 25 heavy (non-hydrogen) atoms. The first kappa shape index (κ1) is 22.1. The molecule has 1 N–H and O–H groups in total. The Labute approximate surface area is 152 Å². The monoisotopic (exact) mass is 354 g/mol. The topological polar surface area (TPSA) is 20.2 Å². The van der Waals surface area contributed by atoms with Gasteiger partial charge >= 0.3 is 0 Å². The van der Waals surface area contributed by atoms with Crippen LogP contribution in [0.1, 0.15) is 91.0 Å². The molecule has 1 rings (SSSR count). The molecule has 0 radical (unpaired) electrons. The molecule has 3 heteroatoms. The third kappa shape index (κ3) is 6.06. The Balaban J connectivity index is 3.01. The summed E-state index contributed by atoms with van der Waals surface area (Å²) in [5.41, 5.74) is -0.403. The highest BCUT2D eigenvalue weighted by Crippen LogP contribution is 2.43. The number of hydrogen-bond donors (Lipinski definition) is 1. The van der Waals surface area contributed by atoms with Gasteiger partial charge in [-0.25, -0.2) is 8.78 Å². The van der Waals surface area contributed by atoms with E-state index in [1.165, 1.54) is 37.8 Å². The fourth-order valence-electron chi connectivity index (χ4n) is 4.04. The Kier molecular flexibility index (Phi) is 9.06. The van der Waals surface area contributed by atoms with Crippen molar-refractivity contribution in [2.45, 2.75) is 91.1 Å². The maximum atomic E-state index is 13.8. The predicted molar refractivity (Wildman–Crippen MR) is 102 cm³/mol. The van der Waals surface area contributed by atoms with E-state index in [2.05, 4.69) is 6.92 Å². The smallest absolute Gasteiger partial charge is 0.126 e. The molecule has 0 saturated carbocycles. The van der Waals surface area contributed by atoms with Crippen molar-refractivity contribution in [3.63, 3.8) is 0 Å². The van der Waals surface area contributed by atoms with E-state index in [4.69, 9.17) is 0 Å². The van der Waals surface area contributed by atoms with Gasteiger partial charge in [-0.15, -0.1) is 0 Å². The lowest BCUT2D eigenvalue weighted by atomic mass is 9.67. The highest BCUT2D eigenvalue weighted by Gasteiger charge is 2.43. The molecule has 1 unspecified atom stereocenters. The van der Waals surface area contributed by atoms with Crippen molar-refractivity contribution in [2.75, 3.05) is 0 Å². The van der Waals surface area contributed by atoms with Crippen molar-refractivity contribution in [1.82, 2.24) is 0 Å². The van der Waals surface area contributed by atoms with Gasteiger partial charge in [-0.05, 0) is 36.0 Å². The SMILES string of the molecule is CCCCCCCCC(c1cc(F)cc(F)c1)C(O)(C(C)C)C(C)C. The Hall–Kier alpha value is -0.960. The van der Waals surface area contributed by atoms with Gasteiger partial charge in [0, 0.05) is 12.0 Å². The highest BCUT2D eigenvalue weighted by atomic mass is 19.1. The average molecular weight is 355 g/mol. The van der Waals surface area contributed by atoms with E-state index in [0.717, 1.165) is 25.3 Å². The Bertz CT molecular complexity index is 482. The third-order valence-corrected chi connectivity index (χ3v) is 5.54. The van der Waals surface area contributed by atoms with E-state index < -0.39 is 17.2 Å². The van der Waals surface area contributed by atoms with Gasteiger partial charge in [0.1, 0.15) is 11.6 Å². The van der Waals surface area contributed by atoms with Gasteiger partial charge in [0.2, 0.25) is 0 Å². The summed E-state index contributed by atoms with van der Waals surface area (Å²) in [7, 11) is 0.